The van der Waals surface area contributed by atoms with Crippen molar-refractivity contribution in [1.29, 1.82) is 0 Å². The Morgan fingerprint density at radius 2 is 1.96 bits per heavy atom. The van der Waals surface area contributed by atoms with Crippen LogP contribution in [0.25, 0.3) is 21.9 Å². The molecule has 2 heterocycles. The van der Waals surface area contributed by atoms with E-state index in [1.807, 2.05) is 0 Å². The molecule has 24 heavy (non-hydrogen) atoms. The maximum Gasteiger partial charge on any atom is 0.273 e. The zero-order chi connectivity index (χ0) is 17.0. The number of hydrogen-bond acceptors (Lipinski definition) is 6. The van der Waals surface area contributed by atoms with Crippen LogP contribution < -0.4 is 0 Å². The Kier molecular flexibility index (Phi) is 3.17. The van der Waals surface area contributed by atoms with Crippen molar-refractivity contribution in [3.8, 4) is 0 Å². The molecule has 0 atom stereocenters. The zero-order valence-corrected chi connectivity index (χ0v) is 13.1. The maximum atomic E-state index is 11.5. The molecule has 2 aromatic heterocycles. The van der Waals surface area contributed by atoms with E-state index in [9.17, 15) is 20.4 Å². The molecule has 8 nitrogen and oxygen atoms in total. The Morgan fingerprint density at radius 1 is 1.25 bits per heavy atom. The Bertz CT molecular complexity index is 1010. The Morgan fingerprint density at radius 3 is 2.62 bits per heavy atom. The van der Waals surface area contributed by atoms with Crippen molar-refractivity contribution >= 4 is 27.6 Å². The SMILES string of the molecule is Cc1nc2c3c(c([N+](=O)[O-])cc2c2nc(CO)n(O)c12)CCCC3. The van der Waals surface area contributed by atoms with Crippen molar-refractivity contribution in [3.05, 3.63) is 38.8 Å². The molecule has 2 N–H and O–H groups in total. The van der Waals surface area contributed by atoms with Crippen molar-refractivity contribution in [2.24, 2.45) is 0 Å². The van der Waals surface area contributed by atoms with Crippen LogP contribution in [0.15, 0.2) is 6.07 Å². The summed E-state index contributed by atoms with van der Waals surface area (Å²) in [5.74, 6) is 0.0859. The number of nitro benzene ring substituents is 1. The van der Waals surface area contributed by atoms with Crippen LogP contribution in [0.5, 0.6) is 0 Å². The van der Waals surface area contributed by atoms with E-state index in [0.717, 1.165) is 35.1 Å². The molecule has 0 aliphatic heterocycles. The van der Waals surface area contributed by atoms with Crippen molar-refractivity contribution < 1.29 is 15.2 Å². The van der Waals surface area contributed by atoms with E-state index >= 15 is 0 Å². The van der Waals surface area contributed by atoms with Crippen molar-refractivity contribution in [2.45, 2.75) is 39.2 Å². The third kappa shape index (κ3) is 1.89. The van der Waals surface area contributed by atoms with Crippen LogP contribution >= 0.6 is 0 Å². The first-order chi connectivity index (χ1) is 11.5. The number of aryl methyl sites for hydroxylation is 2. The standard InChI is InChI=1S/C16H16N4O4/c1-8-16-15(18-13(7-21)19(16)22)11-6-12(20(23)24)9-4-2-3-5-10(9)14(11)17-8/h6,21-22H,2-5,7H2,1H3. The Labute approximate surface area is 136 Å². The quantitative estimate of drug-likeness (QED) is 0.424. The van der Waals surface area contributed by atoms with Gasteiger partial charge in [-0.1, -0.05) is 0 Å². The first-order valence-electron chi connectivity index (χ1n) is 7.83. The number of hydrogen-bond donors (Lipinski definition) is 2. The molecule has 3 aromatic rings. The van der Waals surface area contributed by atoms with Crippen molar-refractivity contribution in [3.63, 3.8) is 0 Å². The van der Waals surface area contributed by atoms with Gasteiger partial charge in [0.15, 0.2) is 5.82 Å². The molecule has 0 unspecified atom stereocenters. The monoisotopic (exact) mass is 328 g/mol. The smallest absolute Gasteiger partial charge is 0.273 e. The molecule has 0 bridgehead atoms. The molecule has 0 saturated carbocycles. The van der Waals surface area contributed by atoms with E-state index in [0.29, 0.717) is 34.1 Å². The van der Waals surface area contributed by atoms with E-state index in [2.05, 4.69) is 9.97 Å². The number of nitro groups is 1. The van der Waals surface area contributed by atoms with Crippen LogP contribution in [0.3, 0.4) is 0 Å². The predicted molar refractivity (Wildman–Crippen MR) is 86.2 cm³/mol. The van der Waals surface area contributed by atoms with E-state index in [1.165, 1.54) is 6.07 Å². The van der Waals surface area contributed by atoms with Crippen LogP contribution in [0, 0.1) is 17.0 Å². The van der Waals surface area contributed by atoms with Gasteiger partial charge in [0, 0.05) is 17.0 Å². The molecule has 0 spiro atoms. The van der Waals surface area contributed by atoms with Gasteiger partial charge in [0.1, 0.15) is 17.6 Å². The highest BCUT2D eigenvalue weighted by Crippen LogP contribution is 2.38. The summed E-state index contributed by atoms with van der Waals surface area (Å²) in [7, 11) is 0. The number of nitrogens with zero attached hydrogens (tertiary/aromatic N) is 4. The summed E-state index contributed by atoms with van der Waals surface area (Å²) >= 11 is 0. The van der Waals surface area contributed by atoms with Gasteiger partial charge >= 0.3 is 0 Å². The van der Waals surface area contributed by atoms with Gasteiger partial charge in [-0.15, -0.1) is 0 Å². The fourth-order valence-corrected chi connectivity index (χ4v) is 3.67. The van der Waals surface area contributed by atoms with Gasteiger partial charge in [-0.05, 0) is 38.2 Å². The lowest BCUT2D eigenvalue weighted by Gasteiger charge is -2.18. The summed E-state index contributed by atoms with van der Waals surface area (Å²) < 4.78 is 0.808. The fraction of sp³-hybridized carbons (Fsp3) is 0.375. The summed E-state index contributed by atoms with van der Waals surface area (Å²) in [4.78, 5) is 20.0. The lowest BCUT2D eigenvalue weighted by molar-refractivity contribution is -0.385. The molecule has 0 radical (unpaired) electrons. The largest absolute Gasteiger partial charge is 0.426 e. The number of pyridine rings is 1. The molecule has 1 aliphatic rings. The summed E-state index contributed by atoms with van der Waals surface area (Å²) in [5, 5.41) is 31.6. The normalized spacial score (nSPS) is 14.2. The average molecular weight is 328 g/mol. The molecule has 1 aliphatic carbocycles. The third-order valence-electron chi connectivity index (χ3n) is 4.74. The van der Waals surface area contributed by atoms with E-state index < -0.39 is 6.61 Å². The Balaban J connectivity index is 2.21. The summed E-state index contributed by atoms with van der Waals surface area (Å²) in [6, 6.07) is 1.50. The minimum Gasteiger partial charge on any atom is -0.426 e. The molecule has 0 saturated heterocycles. The highest BCUT2D eigenvalue weighted by molar-refractivity contribution is 6.06. The molecule has 4 rings (SSSR count). The van der Waals surface area contributed by atoms with E-state index in [4.69, 9.17) is 0 Å². The number of benzene rings is 1. The second-order valence-electron chi connectivity index (χ2n) is 6.11. The van der Waals surface area contributed by atoms with E-state index in [1.54, 1.807) is 6.92 Å². The van der Waals surface area contributed by atoms with Gasteiger partial charge < -0.3 is 10.3 Å². The zero-order valence-electron chi connectivity index (χ0n) is 13.1. The molecular weight excluding hydrogens is 312 g/mol. The summed E-state index contributed by atoms with van der Waals surface area (Å²) in [6.07, 6.45) is 3.33. The van der Waals surface area contributed by atoms with Gasteiger partial charge in [-0.25, -0.2) is 4.98 Å². The minimum atomic E-state index is -0.431. The van der Waals surface area contributed by atoms with Crippen molar-refractivity contribution in [2.75, 3.05) is 0 Å². The lowest BCUT2D eigenvalue weighted by Crippen LogP contribution is -2.09. The highest BCUT2D eigenvalue weighted by Gasteiger charge is 2.27. The number of aromatic nitrogens is 3. The molecule has 0 fully saturated rings. The molecule has 0 amide bonds. The van der Waals surface area contributed by atoms with Crippen LogP contribution in [0.4, 0.5) is 5.69 Å². The third-order valence-corrected chi connectivity index (χ3v) is 4.74. The van der Waals surface area contributed by atoms with Crippen LogP contribution in [-0.4, -0.2) is 29.9 Å². The first kappa shape index (κ1) is 14.8. The topological polar surface area (TPSA) is 114 Å². The molecule has 1 aromatic carbocycles. The minimum absolute atomic E-state index is 0.0854. The lowest BCUT2D eigenvalue weighted by atomic mass is 9.88. The highest BCUT2D eigenvalue weighted by atomic mass is 16.6. The van der Waals surface area contributed by atoms with Crippen LogP contribution in [-0.2, 0) is 19.4 Å². The number of rotatable bonds is 2. The second-order valence-corrected chi connectivity index (χ2v) is 6.11. The average Bonchev–Trinajstić information content (AvgIpc) is 2.92. The molecule has 124 valence electrons. The van der Waals surface area contributed by atoms with Gasteiger partial charge in [-0.2, -0.15) is 4.73 Å². The predicted octanol–water partition coefficient (Wildman–Crippen LogP) is 2.41. The van der Waals surface area contributed by atoms with Gasteiger partial charge in [-0.3, -0.25) is 15.1 Å². The van der Waals surface area contributed by atoms with Crippen LogP contribution in [0.1, 0.15) is 35.5 Å². The van der Waals surface area contributed by atoms with Gasteiger partial charge in [0.2, 0.25) is 0 Å². The van der Waals surface area contributed by atoms with E-state index in [-0.39, 0.29) is 16.4 Å². The number of fused-ring (bicyclic) bond motifs is 5. The second kappa shape index (κ2) is 5.13. The Hall–Kier alpha value is -2.74. The summed E-state index contributed by atoms with van der Waals surface area (Å²) in [6.45, 7) is 1.33. The van der Waals surface area contributed by atoms with Gasteiger partial charge in [0.25, 0.3) is 5.69 Å². The van der Waals surface area contributed by atoms with Crippen LogP contribution in [0.2, 0.25) is 0 Å². The van der Waals surface area contributed by atoms with Gasteiger partial charge in [0.05, 0.1) is 16.1 Å². The molecular formula is C16H16N4O4. The fourth-order valence-electron chi connectivity index (χ4n) is 3.67. The van der Waals surface area contributed by atoms with Crippen molar-refractivity contribution in [1.82, 2.24) is 14.7 Å². The molecule has 8 heteroatoms. The number of imidazole rings is 1. The number of aliphatic hydroxyl groups excluding tert-OH is 1. The maximum absolute atomic E-state index is 11.5. The summed E-state index contributed by atoms with van der Waals surface area (Å²) in [5.41, 5.74) is 3.85. The first-order valence-corrected chi connectivity index (χ1v) is 7.83. The number of aliphatic hydroxyl groups is 1.